The van der Waals surface area contributed by atoms with Crippen LogP contribution < -0.4 is 24.4 Å². The molecule has 2 heterocycles. The molecule has 0 radical (unpaired) electrons. The Balaban J connectivity index is 1.20. The Labute approximate surface area is 249 Å². The van der Waals surface area contributed by atoms with Gasteiger partial charge in [0.25, 0.3) is 5.91 Å². The third-order valence-corrected chi connectivity index (χ3v) is 7.19. The van der Waals surface area contributed by atoms with Crippen molar-refractivity contribution >= 4 is 44.9 Å². The first-order valence-electron chi connectivity index (χ1n) is 13.1. The number of hydrogen-bond donors (Lipinski definition) is 2. The third kappa shape index (κ3) is 5.44. The lowest BCUT2D eigenvalue weighted by atomic mass is 10.0. The molecule has 42 heavy (non-hydrogen) atoms. The van der Waals surface area contributed by atoms with Crippen LogP contribution in [0.2, 0.25) is 0 Å². The SMILES string of the molecule is CCOc1cc(C=NNC(=O)c2[nH]c3c(Br)cccc3c2-c2ccccc2)ccc1OC(=O)c1ccc2c(c1)OCO2. The number of nitrogens with zero attached hydrogens (tertiary/aromatic N) is 1. The van der Waals surface area contributed by atoms with Crippen molar-refractivity contribution in [3.63, 3.8) is 0 Å². The number of hydrazone groups is 1. The maximum absolute atomic E-state index is 13.3. The van der Waals surface area contributed by atoms with Gasteiger partial charge in [-0.1, -0.05) is 42.5 Å². The molecule has 0 saturated carbocycles. The van der Waals surface area contributed by atoms with Gasteiger partial charge in [0.05, 0.1) is 23.9 Å². The number of para-hydroxylation sites is 1. The van der Waals surface area contributed by atoms with E-state index in [0.29, 0.717) is 40.7 Å². The largest absolute Gasteiger partial charge is 0.490 e. The van der Waals surface area contributed by atoms with Crippen LogP contribution in [0.3, 0.4) is 0 Å². The minimum absolute atomic E-state index is 0.111. The zero-order valence-electron chi connectivity index (χ0n) is 22.3. The number of nitrogens with one attached hydrogen (secondary N) is 2. The van der Waals surface area contributed by atoms with Crippen LogP contribution in [-0.2, 0) is 0 Å². The molecule has 4 aromatic carbocycles. The highest BCUT2D eigenvalue weighted by Crippen LogP contribution is 2.36. The van der Waals surface area contributed by atoms with Crippen molar-refractivity contribution < 1.29 is 28.5 Å². The van der Waals surface area contributed by atoms with Gasteiger partial charge in [0.15, 0.2) is 23.0 Å². The monoisotopic (exact) mass is 625 g/mol. The number of fused-ring (bicyclic) bond motifs is 2. The van der Waals surface area contributed by atoms with E-state index in [1.54, 1.807) is 36.4 Å². The zero-order chi connectivity index (χ0) is 29.1. The fourth-order valence-electron chi connectivity index (χ4n) is 4.62. The van der Waals surface area contributed by atoms with Crippen molar-refractivity contribution in [3.8, 4) is 34.1 Å². The Morgan fingerprint density at radius 3 is 2.64 bits per heavy atom. The second-order valence-electron chi connectivity index (χ2n) is 9.20. The summed E-state index contributed by atoms with van der Waals surface area (Å²) in [6, 6.07) is 25.3. The number of ether oxygens (including phenoxy) is 4. The fraction of sp³-hybridized carbons (Fsp3) is 0.0938. The number of benzene rings is 4. The first kappa shape index (κ1) is 27.1. The van der Waals surface area contributed by atoms with Crippen molar-refractivity contribution in [3.05, 3.63) is 106 Å². The van der Waals surface area contributed by atoms with Crippen LogP contribution >= 0.6 is 15.9 Å². The molecule has 210 valence electrons. The molecule has 0 atom stereocenters. The van der Waals surface area contributed by atoms with Gasteiger partial charge in [0.1, 0.15) is 5.69 Å². The summed E-state index contributed by atoms with van der Waals surface area (Å²) in [6.07, 6.45) is 1.49. The molecule has 2 N–H and O–H groups in total. The minimum atomic E-state index is -0.567. The quantitative estimate of drug-likeness (QED) is 0.0858. The summed E-state index contributed by atoms with van der Waals surface area (Å²) >= 11 is 3.57. The van der Waals surface area contributed by atoms with Crippen molar-refractivity contribution in [2.45, 2.75) is 6.92 Å². The van der Waals surface area contributed by atoms with Gasteiger partial charge in [0, 0.05) is 15.4 Å². The van der Waals surface area contributed by atoms with E-state index in [1.807, 2.05) is 55.5 Å². The van der Waals surface area contributed by atoms with Crippen LogP contribution in [0, 0.1) is 0 Å². The molecule has 0 unspecified atom stereocenters. The summed E-state index contributed by atoms with van der Waals surface area (Å²) in [7, 11) is 0. The molecule has 6 rings (SSSR count). The van der Waals surface area contributed by atoms with E-state index in [0.717, 1.165) is 26.5 Å². The third-order valence-electron chi connectivity index (χ3n) is 6.53. The van der Waals surface area contributed by atoms with Gasteiger partial charge >= 0.3 is 5.97 Å². The lowest BCUT2D eigenvalue weighted by Gasteiger charge is -2.11. The average Bonchev–Trinajstić information content (AvgIpc) is 3.64. The van der Waals surface area contributed by atoms with E-state index in [4.69, 9.17) is 18.9 Å². The van der Waals surface area contributed by atoms with Gasteiger partial charge < -0.3 is 23.9 Å². The molecule has 1 aliphatic heterocycles. The van der Waals surface area contributed by atoms with Gasteiger partial charge in [-0.3, -0.25) is 4.79 Å². The lowest BCUT2D eigenvalue weighted by molar-refractivity contribution is 0.0727. The lowest BCUT2D eigenvalue weighted by Crippen LogP contribution is -2.18. The predicted molar refractivity (Wildman–Crippen MR) is 162 cm³/mol. The number of halogens is 1. The molecule has 0 spiro atoms. The molecule has 9 nitrogen and oxygen atoms in total. The Bertz CT molecular complexity index is 1830. The van der Waals surface area contributed by atoms with Crippen molar-refractivity contribution in [1.82, 2.24) is 10.4 Å². The number of rotatable bonds is 8. The normalized spacial score (nSPS) is 12.0. The van der Waals surface area contributed by atoms with Crippen LogP contribution in [0.5, 0.6) is 23.0 Å². The number of carbonyl (C=O) groups excluding carboxylic acids is 2. The molecular formula is C32H24BrN3O6. The summed E-state index contributed by atoms with van der Waals surface area (Å²) in [5.74, 6) is 0.699. The van der Waals surface area contributed by atoms with Crippen molar-refractivity contribution in [1.29, 1.82) is 0 Å². The summed E-state index contributed by atoms with van der Waals surface area (Å²) in [5.41, 5.74) is 6.45. The fourth-order valence-corrected chi connectivity index (χ4v) is 5.08. The van der Waals surface area contributed by atoms with E-state index in [-0.39, 0.29) is 12.5 Å². The number of hydrogen-bond acceptors (Lipinski definition) is 7. The second-order valence-corrected chi connectivity index (χ2v) is 10.1. The standard InChI is InChI=1S/C32H24BrN3O6/c1-2-39-26-15-19(11-13-25(26)42-32(38)21-12-14-24-27(16-21)41-18-40-24)17-34-36-31(37)30-28(20-7-4-3-5-8-20)22-9-6-10-23(33)29(22)35-30/h3-17,35H,2,18H2,1H3,(H,36,37). The van der Waals surface area contributed by atoms with E-state index < -0.39 is 11.9 Å². The summed E-state index contributed by atoms with van der Waals surface area (Å²) in [5, 5.41) is 5.09. The Hall–Kier alpha value is -5.09. The maximum Gasteiger partial charge on any atom is 0.343 e. The first-order valence-corrected chi connectivity index (χ1v) is 13.9. The number of carbonyl (C=O) groups is 2. The highest BCUT2D eigenvalue weighted by Gasteiger charge is 2.21. The van der Waals surface area contributed by atoms with Crippen LogP contribution in [0.25, 0.3) is 22.0 Å². The highest BCUT2D eigenvalue weighted by molar-refractivity contribution is 9.10. The molecule has 1 aliphatic rings. The first-order chi connectivity index (χ1) is 20.5. The molecule has 1 amide bonds. The van der Waals surface area contributed by atoms with Crippen molar-refractivity contribution in [2.75, 3.05) is 13.4 Å². The number of amides is 1. The molecule has 5 aromatic rings. The summed E-state index contributed by atoms with van der Waals surface area (Å²) < 4.78 is 22.8. The molecular weight excluding hydrogens is 602 g/mol. The maximum atomic E-state index is 13.3. The number of aromatic nitrogens is 1. The summed E-state index contributed by atoms with van der Waals surface area (Å²) in [4.78, 5) is 29.3. The predicted octanol–water partition coefficient (Wildman–Crippen LogP) is 6.71. The Morgan fingerprint density at radius 2 is 1.81 bits per heavy atom. The van der Waals surface area contributed by atoms with Crippen LogP contribution in [0.1, 0.15) is 33.3 Å². The van der Waals surface area contributed by atoms with E-state index in [9.17, 15) is 9.59 Å². The number of aromatic amines is 1. The van der Waals surface area contributed by atoms with Gasteiger partial charge in [0.2, 0.25) is 6.79 Å². The smallest absolute Gasteiger partial charge is 0.343 e. The Morgan fingerprint density at radius 1 is 0.976 bits per heavy atom. The number of esters is 1. The van der Waals surface area contributed by atoms with Crippen molar-refractivity contribution in [2.24, 2.45) is 5.10 Å². The van der Waals surface area contributed by atoms with E-state index in [1.165, 1.54) is 6.21 Å². The Kier molecular flexibility index (Phi) is 7.61. The van der Waals surface area contributed by atoms with Crippen LogP contribution in [0.15, 0.2) is 94.5 Å². The second kappa shape index (κ2) is 11.8. The molecule has 0 bridgehead atoms. The van der Waals surface area contributed by atoms with Gasteiger partial charge in [-0.15, -0.1) is 0 Å². The van der Waals surface area contributed by atoms with E-state index in [2.05, 4.69) is 31.4 Å². The topological polar surface area (TPSA) is 111 Å². The van der Waals surface area contributed by atoms with Gasteiger partial charge in [-0.05, 0) is 76.4 Å². The molecule has 10 heteroatoms. The average molecular weight is 626 g/mol. The number of H-pyrrole nitrogens is 1. The summed E-state index contributed by atoms with van der Waals surface area (Å²) in [6.45, 7) is 2.29. The highest BCUT2D eigenvalue weighted by atomic mass is 79.9. The van der Waals surface area contributed by atoms with Crippen LogP contribution in [-0.4, -0.2) is 36.5 Å². The molecule has 0 saturated heterocycles. The molecule has 1 aromatic heterocycles. The van der Waals surface area contributed by atoms with E-state index >= 15 is 0 Å². The van der Waals surface area contributed by atoms with Gasteiger partial charge in [-0.25, -0.2) is 10.2 Å². The minimum Gasteiger partial charge on any atom is -0.490 e. The zero-order valence-corrected chi connectivity index (χ0v) is 23.9. The van der Waals surface area contributed by atoms with Crippen LogP contribution in [0.4, 0.5) is 0 Å². The van der Waals surface area contributed by atoms with Gasteiger partial charge in [-0.2, -0.15) is 5.10 Å². The molecule has 0 fully saturated rings. The molecule has 0 aliphatic carbocycles.